The molecule has 0 spiro atoms. The summed E-state index contributed by atoms with van der Waals surface area (Å²) in [5.41, 5.74) is 6.47. The number of hydrogen-bond acceptors (Lipinski definition) is 4. The van der Waals surface area contributed by atoms with Gasteiger partial charge in [0.05, 0.1) is 29.9 Å². The Morgan fingerprint density at radius 2 is 1.75 bits per heavy atom. The average molecular weight is 487 g/mol. The zero-order chi connectivity index (χ0) is 25.4. The first kappa shape index (κ1) is 24.6. The van der Waals surface area contributed by atoms with Crippen molar-refractivity contribution in [1.29, 1.82) is 0 Å². The Labute approximate surface area is 214 Å². The standard InChI is InChI=1S/C30H36N3O3/c1-20(2)30(36)31-14-12-22(13-15-31)24-10-11-27-28(16-24)32(17-25-6-4-5-7-26(25)19-34)18-29(23-8-9-23)33(27)21(3)35/h4-7,10-12,16,23,29,34H,8-9,13-15,17-19H2,1-3H3/t29-/m1/s1. The molecule has 1 atom stereocenters. The Morgan fingerprint density at radius 3 is 2.36 bits per heavy atom. The lowest BCUT2D eigenvalue weighted by atomic mass is 9.95. The van der Waals surface area contributed by atoms with Crippen molar-refractivity contribution in [2.75, 3.05) is 29.4 Å². The lowest BCUT2D eigenvalue weighted by Crippen LogP contribution is -2.52. The van der Waals surface area contributed by atoms with E-state index in [0.717, 1.165) is 46.9 Å². The highest BCUT2D eigenvalue weighted by Gasteiger charge is 2.42. The molecule has 2 amide bonds. The van der Waals surface area contributed by atoms with Gasteiger partial charge < -0.3 is 19.8 Å². The zero-order valence-corrected chi connectivity index (χ0v) is 21.5. The van der Waals surface area contributed by atoms with Gasteiger partial charge in [0.2, 0.25) is 11.8 Å². The van der Waals surface area contributed by atoms with Gasteiger partial charge in [0, 0.05) is 33.1 Å². The van der Waals surface area contributed by atoms with Gasteiger partial charge in [0.25, 0.3) is 0 Å². The first-order valence-corrected chi connectivity index (χ1v) is 13.0. The molecule has 6 heteroatoms. The fourth-order valence-corrected chi connectivity index (χ4v) is 5.66. The largest absolute Gasteiger partial charge is 0.392 e. The van der Waals surface area contributed by atoms with Crippen LogP contribution in [-0.4, -0.2) is 47.5 Å². The summed E-state index contributed by atoms with van der Waals surface area (Å²) in [5.74, 6) is 1.57. The fraction of sp³-hybridized carbons (Fsp3) is 0.433. The third-order valence-electron chi connectivity index (χ3n) is 7.76. The maximum absolute atomic E-state index is 12.8. The van der Waals surface area contributed by atoms with E-state index in [1.807, 2.05) is 41.8 Å². The predicted octanol–water partition coefficient (Wildman–Crippen LogP) is 4.56. The fourth-order valence-electron chi connectivity index (χ4n) is 5.66. The van der Waals surface area contributed by atoms with E-state index in [2.05, 4.69) is 35.2 Å². The van der Waals surface area contributed by atoms with Gasteiger partial charge in [-0.25, -0.2) is 0 Å². The summed E-state index contributed by atoms with van der Waals surface area (Å²) in [6, 6.07) is 14.7. The van der Waals surface area contributed by atoms with Crippen molar-refractivity contribution in [3.8, 4) is 0 Å². The minimum Gasteiger partial charge on any atom is -0.392 e. The van der Waals surface area contributed by atoms with Crippen molar-refractivity contribution in [3.05, 3.63) is 71.1 Å². The number of fused-ring (bicyclic) bond motifs is 1. The summed E-state index contributed by atoms with van der Waals surface area (Å²) in [6.45, 7) is 8.22. The molecule has 2 aliphatic heterocycles. The van der Waals surface area contributed by atoms with Gasteiger partial charge in [-0.15, -0.1) is 0 Å². The first-order chi connectivity index (χ1) is 17.4. The summed E-state index contributed by atoms with van der Waals surface area (Å²) in [6.07, 6.45) is 5.31. The van der Waals surface area contributed by atoms with Crippen molar-refractivity contribution in [2.24, 2.45) is 5.92 Å². The molecular weight excluding hydrogens is 450 g/mol. The minimum absolute atomic E-state index is 0.0132. The summed E-state index contributed by atoms with van der Waals surface area (Å²) in [4.78, 5) is 31.5. The van der Waals surface area contributed by atoms with Crippen molar-refractivity contribution < 1.29 is 14.7 Å². The van der Waals surface area contributed by atoms with E-state index in [0.29, 0.717) is 25.6 Å². The third kappa shape index (κ3) is 4.79. The van der Waals surface area contributed by atoms with Crippen LogP contribution in [0.2, 0.25) is 0 Å². The van der Waals surface area contributed by atoms with E-state index >= 15 is 0 Å². The Hall–Kier alpha value is -3.12. The highest BCUT2D eigenvalue weighted by atomic mass is 16.3. The first-order valence-electron chi connectivity index (χ1n) is 13.0. The number of benzene rings is 2. The summed E-state index contributed by atoms with van der Waals surface area (Å²) in [5, 5.41) is 9.91. The molecule has 1 N–H and O–H groups in total. The van der Waals surface area contributed by atoms with Crippen LogP contribution in [0.5, 0.6) is 0 Å². The Balaban J connectivity index is 1.50. The van der Waals surface area contributed by atoms with Crippen LogP contribution >= 0.6 is 0 Å². The molecule has 0 bridgehead atoms. The zero-order valence-electron chi connectivity index (χ0n) is 21.5. The van der Waals surface area contributed by atoms with Crippen LogP contribution in [0.15, 0.2) is 48.5 Å². The highest BCUT2D eigenvalue weighted by molar-refractivity contribution is 5.98. The van der Waals surface area contributed by atoms with E-state index in [-0.39, 0.29) is 24.5 Å². The summed E-state index contributed by atoms with van der Waals surface area (Å²) < 4.78 is 0. The highest BCUT2D eigenvalue weighted by Crippen LogP contribution is 2.45. The molecule has 0 unspecified atom stereocenters. The molecule has 189 valence electrons. The lowest BCUT2D eigenvalue weighted by Gasteiger charge is -2.44. The molecule has 1 radical (unpaired) electrons. The molecule has 36 heavy (non-hydrogen) atoms. The van der Waals surface area contributed by atoms with Crippen LogP contribution in [-0.2, 0) is 22.7 Å². The minimum atomic E-state index is 0.0132. The van der Waals surface area contributed by atoms with Gasteiger partial charge in [0.1, 0.15) is 0 Å². The van der Waals surface area contributed by atoms with Gasteiger partial charge in [-0.05, 0) is 73.4 Å². The number of nitrogens with zero attached hydrogens (tertiary/aromatic N) is 3. The lowest BCUT2D eigenvalue weighted by molar-refractivity contribution is -0.128. The number of aliphatic hydroxyl groups is 1. The van der Waals surface area contributed by atoms with Gasteiger partial charge in [-0.1, -0.05) is 36.4 Å². The SMILES string of the molecule is C[C](C)C(=O)N1CC=C(c2ccc3c(c2)N(Cc2ccccc2CO)C[C@H](C2CC2)N3C(C)=O)CC1. The second-order valence-electron chi connectivity index (χ2n) is 10.5. The maximum atomic E-state index is 12.8. The number of aliphatic hydroxyl groups excluding tert-OH is 1. The average Bonchev–Trinajstić information content (AvgIpc) is 3.73. The molecule has 1 fully saturated rings. The summed E-state index contributed by atoms with van der Waals surface area (Å²) >= 11 is 0. The number of hydrogen-bond donors (Lipinski definition) is 1. The van der Waals surface area contributed by atoms with Gasteiger partial charge >= 0.3 is 0 Å². The second kappa shape index (κ2) is 10.1. The normalized spacial score (nSPS) is 19.9. The van der Waals surface area contributed by atoms with Crippen LogP contribution in [0.1, 0.15) is 56.7 Å². The molecule has 0 saturated heterocycles. The number of carbonyl (C=O) groups is 2. The number of anilines is 2. The number of amides is 2. The second-order valence-corrected chi connectivity index (χ2v) is 10.5. The van der Waals surface area contributed by atoms with Gasteiger partial charge in [0.15, 0.2) is 0 Å². The van der Waals surface area contributed by atoms with E-state index in [4.69, 9.17) is 0 Å². The molecule has 2 aromatic rings. The molecule has 5 rings (SSSR count). The molecule has 2 aromatic carbocycles. The van der Waals surface area contributed by atoms with Gasteiger partial charge in [-0.3, -0.25) is 9.59 Å². The third-order valence-corrected chi connectivity index (χ3v) is 7.76. The molecule has 3 aliphatic rings. The molecule has 1 aliphatic carbocycles. The molecule has 6 nitrogen and oxygen atoms in total. The van der Waals surface area contributed by atoms with Crippen molar-refractivity contribution in [3.63, 3.8) is 0 Å². The smallest absolute Gasteiger partial charge is 0.229 e. The van der Waals surface area contributed by atoms with E-state index in [9.17, 15) is 14.7 Å². The summed E-state index contributed by atoms with van der Waals surface area (Å²) in [7, 11) is 0. The Kier molecular flexibility index (Phi) is 6.89. The molecule has 0 aromatic heterocycles. The van der Waals surface area contributed by atoms with Crippen LogP contribution in [0.4, 0.5) is 11.4 Å². The van der Waals surface area contributed by atoms with Crippen LogP contribution in [0.25, 0.3) is 5.57 Å². The van der Waals surface area contributed by atoms with Crippen molar-refractivity contribution in [2.45, 2.75) is 59.2 Å². The molecule has 1 saturated carbocycles. The van der Waals surface area contributed by atoms with Crippen LogP contribution < -0.4 is 9.80 Å². The Bertz CT molecular complexity index is 1180. The monoisotopic (exact) mass is 486 g/mol. The quantitative estimate of drug-likeness (QED) is 0.650. The van der Waals surface area contributed by atoms with E-state index in [1.165, 1.54) is 18.4 Å². The number of rotatable bonds is 6. The van der Waals surface area contributed by atoms with Crippen molar-refractivity contribution >= 4 is 28.8 Å². The predicted molar refractivity (Wildman–Crippen MR) is 143 cm³/mol. The topological polar surface area (TPSA) is 64.1 Å². The number of carbonyl (C=O) groups excluding carboxylic acids is 2. The van der Waals surface area contributed by atoms with Crippen LogP contribution in [0.3, 0.4) is 0 Å². The van der Waals surface area contributed by atoms with Crippen LogP contribution in [0, 0.1) is 11.8 Å². The Morgan fingerprint density at radius 1 is 1.00 bits per heavy atom. The van der Waals surface area contributed by atoms with E-state index < -0.39 is 0 Å². The molecule has 2 heterocycles. The van der Waals surface area contributed by atoms with Crippen molar-refractivity contribution in [1.82, 2.24) is 4.90 Å². The maximum Gasteiger partial charge on any atom is 0.229 e. The molecular formula is C30H36N3O3. The van der Waals surface area contributed by atoms with Gasteiger partial charge in [-0.2, -0.15) is 0 Å². The van der Waals surface area contributed by atoms with E-state index in [1.54, 1.807) is 6.92 Å².